The smallest absolute Gasteiger partial charge is 0.348 e. The zero-order valence-electron chi connectivity index (χ0n) is 14.5. The Bertz CT molecular complexity index is 765. The number of hydrogen-bond acceptors (Lipinski definition) is 5. The van der Waals surface area contributed by atoms with Crippen molar-refractivity contribution in [1.82, 2.24) is 0 Å². The summed E-state index contributed by atoms with van der Waals surface area (Å²) in [4.78, 5) is 25.3. The van der Waals surface area contributed by atoms with E-state index in [0.717, 1.165) is 16.7 Å². The van der Waals surface area contributed by atoms with E-state index < -0.39 is 5.41 Å². The van der Waals surface area contributed by atoms with Crippen LogP contribution >= 0.6 is 11.3 Å². The van der Waals surface area contributed by atoms with Gasteiger partial charge in [-0.25, -0.2) is 4.79 Å². The van der Waals surface area contributed by atoms with Gasteiger partial charge in [0, 0.05) is 0 Å². The number of esters is 2. The largest absolute Gasteiger partial charge is 0.462 e. The molecular weight excluding hydrogens is 336 g/mol. The van der Waals surface area contributed by atoms with Crippen LogP contribution < -0.4 is 0 Å². The SMILES string of the molecule is CCOC(=O)c1scc2c1CCC(C)(C(=O)OCc1ccccc1)C2. The van der Waals surface area contributed by atoms with Gasteiger partial charge in [0.25, 0.3) is 0 Å². The zero-order valence-corrected chi connectivity index (χ0v) is 15.4. The first kappa shape index (κ1) is 17.7. The van der Waals surface area contributed by atoms with E-state index in [4.69, 9.17) is 9.47 Å². The first-order chi connectivity index (χ1) is 12.0. The first-order valence-corrected chi connectivity index (χ1v) is 9.39. The minimum atomic E-state index is -0.547. The highest BCUT2D eigenvalue weighted by atomic mass is 32.1. The molecule has 132 valence electrons. The normalized spacial score (nSPS) is 19.1. The molecule has 0 saturated heterocycles. The fourth-order valence-corrected chi connectivity index (χ4v) is 4.21. The molecule has 1 aliphatic rings. The predicted molar refractivity (Wildman–Crippen MR) is 96.6 cm³/mol. The van der Waals surface area contributed by atoms with Crippen molar-refractivity contribution in [3.8, 4) is 0 Å². The Morgan fingerprint density at radius 2 is 1.96 bits per heavy atom. The quantitative estimate of drug-likeness (QED) is 0.753. The van der Waals surface area contributed by atoms with Crippen LogP contribution in [0.1, 0.15) is 46.6 Å². The maximum Gasteiger partial charge on any atom is 0.348 e. The van der Waals surface area contributed by atoms with E-state index in [0.29, 0.717) is 37.4 Å². The second kappa shape index (κ2) is 7.40. The summed E-state index contributed by atoms with van der Waals surface area (Å²) in [6.45, 7) is 4.41. The summed E-state index contributed by atoms with van der Waals surface area (Å²) in [5.74, 6) is -0.435. The monoisotopic (exact) mass is 358 g/mol. The molecule has 5 heteroatoms. The highest BCUT2D eigenvalue weighted by molar-refractivity contribution is 7.12. The Morgan fingerprint density at radius 3 is 2.68 bits per heavy atom. The number of rotatable bonds is 5. The van der Waals surface area contributed by atoms with Crippen LogP contribution in [0.15, 0.2) is 35.7 Å². The summed E-state index contributed by atoms with van der Waals surface area (Å²) in [7, 11) is 0. The van der Waals surface area contributed by atoms with E-state index in [-0.39, 0.29) is 11.9 Å². The second-order valence-corrected chi connectivity index (χ2v) is 7.47. The molecule has 1 atom stereocenters. The number of carbonyl (C=O) groups is 2. The molecule has 25 heavy (non-hydrogen) atoms. The topological polar surface area (TPSA) is 52.6 Å². The fraction of sp³-hybridized carbons (Fsp3) is 0.400. The molecule has 4 nitrogen and oxygen atoms in total. The van der Waals surface area contributed by atoms with E-state index in [1.165, 1.54) is 11.3 Å². The Kier molecular flexibility index (Phi) is 5.23. The van der Waals surface area contributed by atoms with Crippen molar-refractivity contribution in [2.75, 3.05) is 6.61 Å². The molecule has 0 bridgehead atoms. The molecule has 2 aromatic rings. The van der Waals surface area contributed by atoms with Crippen molar-refractivity contribution in [3.63, 3.8) is 0 Å². The Morgan fingerprint density at radius 1 is 1.20 bits per heavy atom. The first-order valence-electron chi connectivity index (χ1n) is 8.51. The van der Waals surface area contributed by atoms with Crippen LogP contribution in [0.3, 0.4) is 0 Å². The van der Waals surface area contributed by atoms with E-state index in [1.54, 1.807) is 6.92 Å². The van der Waals surface area contributed by atoms with Gasteiger partial charge in [-0.15, -0.1) is 11.3 Å². The summed E-state index contributed by atoms with van der Waals surface area (Å²) >= 11 is 1.41. The van der Waals surface area contributed by atoms with Crippen molar-refractivity contribution in [2.45, 2.75) is 39.7 Å². The lowest BCUT2D eigenvalue weighted by Gasteiger charge is -2.31. The van der Waals surface area contributed by atoms with Crippen molar-refractivity contribution in [1.29, 1.82) is 0 Å². The molecule has 1 aromatic heterocycles. The third-order valence-electron chi connectivity index (χ3n) is 4.65. The van der Waals surface area contributed by atoms with Gasteiger partial charge in [-0.1, -0.05) is 30.3 Å². The Labute approximate surface area is 151 Å². The third-order valence-corrected chi connectivity index (χ3v) is 5.71. The maximum absolute atomic E-state index is 12.6. The minimum Gasteiger partial charge on any atom is -0.462 e. The van der Waals surface area contributed by atoms with Crippen molar-refractivity contribution < 1.29 is 19.1 Å². The van der Waals surface area contributed by atoms with Crippen molar-refractivity contribution >= 4 is 23.3 Å². The van der Waals surface area contributed by atoms with Crippen LogP contribution in [0, 0.1) is 5.41 Å². The zero-order chi connectivity index (χ0) is 17.9. The third kappa shape index (κ3) is 3.76. The lowest BCUT2D eigenvalue weighted by molar-refractivity contribution is -0.157. The number of fused-ring (bicyclic) bond motifs is 1. The van der Waals surface area contributed by atoms with E-state index in [2.05, 4.69) is 0 Å². The molecule has 0 N–H and O–H groups in total. The highest BCUT2D eigenvalue weighted by Gasteiger charge is 2.40. The molecule has 1 aromatic carbocycles. The molecule has 3 rings (SSSR count). The van der Waals surface area contributed by atoms with Crippen LogP contribution in [0.4, 0.5) is 0 Å². The van der Waals surface area contributed by atoms with Gasteiger partial charge >= 0.3 is 11.9 Å². The van der Waals surface area contributed by atoms with Crippen LogP contribution in [0.25, 0.3) is 0 Å². The van der Waals surface area contributed by atoms with Crippen molar-refractivity contribution in [2.24, 2.45) is 5.41 Å². The van der Waals surface area contributed by atoms with Crippen molar-refractivity contribution in [3.05, 3.63) is 57.3 Å². The van der Waals surface area contributed by atoms with Gasteiger partial charge in [0.2, 0.25) is 0 Å². The van der Waals surface area contributed by atoms with Crippen LogP contribution in [-0.4, -0.2) is 18.5 Å². The van der Waals surface area contributed by atoms with Gasteiger partial charge in [0.05, 0.1) is 12.0 Å². The molecule has 0 saturated carbocycles. The van der Waals surface area contributed by atoms with E-state index >= 15 is 0 Å². The van der Waals surface area contributed by atoms with Gasteiger partial charge in [-0.05, 0) is 55.2 Å². The number of thiophene rings is 1. The summed E-state index contributed by atoms with van der Waals surface area (Å²) in [6.07, 6.45) is 1.98. The van der Waals surface area contributed by atoms with Gasteiger partial charge in [-0.3, -0.25) is 4.79 Å². The summed E-state index contributed by atoms with van der Waals surface area (Å²) in [5, 5.41) is 1.98. The number of carbonyl (C=O) groups excluding carboxylic acids is 2. The van der Waals surface area contributed by atoms with Crippen LogP contribution in [0.2, 0.25) is 0 Å². The molecule has 1 aliphatic carbocycles. The molecular formula is C20H22O4S. The maximum atomic E-state index is 12.6. The molecule has 0 aliphatic heterocycles. The van der Waals surface area contributed by atoms with E-state index in [9.17, 15) is 9.59 Å². The Balaban J connectivity index is 1.68. The standard InChI is InChI=1S/C20H22O4S/c1-3-23-18(21)17-16-9-10-20(2,11-15(16)13-25-17)19(22)24-12-14-7-5-4-6-8-14/h4-8,13H,3,9-12H2,1-2H3. The highest BCUT2D eigenvalue weighted by Crippen LogP contribution is 2.40. The Hall–Kier alpha value is -2.14. The van der Waals surface area contributed by atoms with Crippen LogP contribution in [0.5, 0.6) is 0 Å². The average molecular weight is 358 g/mol. The summed E-state index contributed by atoms with van der Waals surface area (Å²) in [6, 6.07) is 9.69. The summed E-state index contributed by atoms with van der Waals surface area (Å²) < 4.78 is 10.7. The summed E-state index contributed by atoms with van der Waals surface area (Å²) in [5.41, 5.74) is 2.54. The lowest BCUT2D eigenvalue weighted by Crippen LogP contribution is -2.35. The van der Waals surface area contributed by atoms with Gasteiger partial charge in [0.1, 0.15) is 11.5 Å². The second-order valence-electron chi connectivity index (χ2n) is 6.59. The molecule has 0 spiro atoms. The van der Waals surface area contributed by atoms with E-state index in [1.807, 2.05) is 42.6 Å². The minimum absolute atomic E-state index is 0.175. The number of ether oxygens (including phenoxy) is 2. The number of benzene rings is 1. The molecule has 0 radical (unpaired) electrons. The van der Waals surface area contributed by atoms with Gasteiger partial charge in [-0.2, -0.15) is 0 Å². The van der Waals surface area contributed by atoms with Gasteiger partial charge in [0.15, 0.2) is 0 Å². The molecule has 0 fully saturated rings. The average Bonchev–Trinajstić information content (AvgIpc) is 3.03. The fourth-order valence-electron chi connectivity index (χ4n) is 3.19. The number of hydrogen-bond donors (Lipinski definition) is 0. The van der Waals surface area contributed by atoms with Crippen LogP contribution in [-0.2, 0) is 33.7 Å². The van der Waals surface area contributed by atoms with Gasteiger partial charge < -0.3 is 9.47 Å². The predicted octanol–water partition coefficient (Wildman–Crippen LogP) is 4.16. The molecule has 1 heterocycles. The molecule has 0 amide bonds. The lowest BCUT2D eigenvalue weighted by atomic mass is 9.73. The molecule has 1 unspecified atom stereocenters.